The molecule has 0 fully saturated rings. The minimum Gasteiger partial charge on any atom is -0.330 e. The lowest BCUT2D eigenvalue weighted by Gasteiger charge is -2.03. The summed E-state index contributed by atoms with van der Waals surface area (Å²) in [7, 11) is -3.68. The van der Waals surface area contributed by atoms with Crippen molar-refractivity contribution < 1.29 is 8.42 Å². The molecule has 7 nitrogen and oxygen atoms in total. The van der Waals surface area contributed by atoms with Crippen LogP contribution in [-0.4, -0.2) is 25.2 Å². The van der Waals surface area contributed by atoms with E-state index in [0.717, 1.165) is 16.2 Å². The second-order valence-corrected chi connectivity index (χ2v) is 6.75. The molecule has 0 bridgehead atoms. The SMILES string of the molecule is NCCc1ccc(S(=O)(=O)Nc2ccc(=O)[nH]n2)s1. The number of nitrogens with one attached hydrogen (secondary N) is 2. The van der Waals surface area contributed by atoms with Crippen LogP contribution < -0.4 is 16.0 Å². The third kappa shape index (κ3) is 3.40. The largest absolute Gasteiger partial charge is 0.330 e. The third-order valence-electron chi connectivity index (χ3n) is 2.21. The molecule has 9 heteroatoms. The van der Waals surface area contributed by atoms with Gasteiger partial charge in [0, 0.05) is 10.9 Å². The van der Waals surface area contributed by atoms with Crippen LogP contribution in [0.25, 0.3) is 0 Å². The fourth-order valence-corrected chi connectivity index (χ4v) is 3.74. The van der Waals surface area contributed by atoms with E-state index >= 15 is 0 Å². The number of aromatic nitrogens is 2. The molecule has 0 atom stereocenters. The summed E-state index contributed by atoms with van der Waals surface area (Å²) >= 11 is 1.16. The van der Waals surface area contributed by atoms with Gasteiger partial charge in [0.2, 0.25) is 0 Å². The lowest BCUT2D eigenvalue weighted by atomic mass is 10.3. The van der Waals surface area contributed by atoms with Crippen molar-refractivity contribution in [3.63, 3.8) is 0 Å². The van der Waals surface area contributed by atoms with Gasteiger partial charge in [-0.25, -0.2) is 13.5 Å². The van der Waals surface area contributed by atoms with Gasteiger partial charge in [0.1, 0.15) is 4.21 Å². The molecule has 0 aliphatic heterocycles. The highest BCUT2D eigenvalue weighted by Gasteiger charge is 2.17. The van der Waals surface area contributed by atoms with Crippen molar-refractivity contribution in [2.75, 3.05) is 11.3 Å². The van der Waals surface area contributed by atoms with Crippen LogP contribution in [0.1, 0.15) is 4.88 Å². The smallest absolute Gasteiger partial charge is 0.272 e. The van der Waals surface area contributed by atoms with E-state index in [0.29, 0.717) is 13.0 Å². The molecule has 0 aliphatic carbocycles. The van der Waals surface area contributed by atoms with Crippen molar-refractivity contribution >= 4 is 27.2 Å². The van der Waals surface area contributed by atoms with Gasteiger partial charge in [0.25, 0.3) is 15.6 Å². The van der Waals surface area contributed by atoms with E-state index in [1.165, 1.54) is 18.2 Å². The summed E-state index contributed by atoms with van der Waals surface area (Å²) in [5, 5.41) is 5.74. The average Bonchev–Trinajstić information content (AvgIpc) is 2.82. The second kappa shape index (κ2) is 5.51. The molecule has 2 heterocycles. The number of thiophene rings is 1. The zero-order valence-electron chi connectivity index (χ0n) is 9.79. The third-order valence-corrected chi connectivity index (χ3v) is 5.20. The van der Waals surface area contributed by atoms with Gasteiger partial charge >= 0.3 is 0 Å². The van der Waals surface area contributed by atoms with E-state index in [2.05, 4.69) is 14.9 Å². The van der Waals surface area contributed by atoms with Gasteiger partial charge in [-0.2, -0.15) is 5.10 Å². The van der Waals surface area contributed by atoms with Crippen LogP contribution in [-0.2, 0) is 16.4 Å². The molecular weight excluding hydrogens is 288 g/mol. The van der Waals surface area contributed by atoms with Crippen LogP contribution in [0.15, 0.2) is 33.3 Å². The van der Waals surface area contributed by atoms with Gasteiger partial charge in [-0.05, 0) is 31.2 Å². The van der Waals surface area contributed by atoms with Crippen molar-refractivity contribution in [2.24, 2.45) is 5.73 Å². The molecule has 2 aromatic rings. The first-order valence-corrected chi connectivity index (χ1v) is 7.68. The first kappa shape index (κ1) is 13.7. The van der Waals surface area contributed by atoms with Crippen LogP contribution in [0.5, 0.6) is 0 Å². The highest BCUT2D eigenvalue weighted by atomic mass is 32.2. The van der Waals surface area contributed by atoms with Crippen molar-refractivity contribution in [3.05, 3.63) is 39.5 Å². The number of nitrogens with zero attached hydrogens (tertiary/aromatic N) is 1. The van der Waals surface area contributed by atoms with E-state index < -0.39 is 15.6 Å². The molecule has 0 aliphatic rings. The van der Waals surface area contributed by atoms with Crippen molar-refractivity contribution in [1.29, 1.82) is 0 Å². The van der Waals surface area contributed by atoms with Gasteiger partial charge in [-0.1, -0.05) is 0 Å². The predicted octanol–water partition coefficient (Wildman–Crippen LogP) is 0.133. The van der Waals surface area contributed by atoms with Crippen LogP contribution in [0.4, 0.5) is 5.82 Å². The number of nitrogens with two attached hydrogens (primary N) is 1. The fourth-order valence-electron chi connectivity index (χ4n) is 1.37. The second-order valence-electron chi connectivity index (χ2n) is 3.67. The summed E-state index contributed by atoms with van der Waals surface area (Å²) in [6.07, 6.45) is 0.636. The number of rotatable bonds is 5. The standard InChI is InChI=1S/C10H12N4O3S2/c11-6-5-7-1-4-10(18-7)19(16,17)14-8-2-3-9(15)13-12-8/h1-4H,5-6,11H2,(H,12,14)(H,13,15). The van der Waals surface area contributed by atoms with Gasteiger partial charge in [0.05, 0.1) is 0 Å². The molecular formula is C10H12N4O3S2. The van der Waals surface area contributed by atoms with Crippen molar-refractivity contribution in [1.82, 2.24) is 10.2 Å². The molecule has 0 saturated heterocycles. The molecule has 19 heavy (non-hydrogen) atoms. The Kier molecular flexibility index (Phi) is 3.98. The Hall–Kier alpha value is -1.71. The summed E-state index contributed by atoms with van der Waals surface area (Å²) in [6.45, 7) is 0.467. The molecule has 0 aromatic carbocycles. The van der Waals surface area contributed by atoms with E-state index in [1.54, 1.807) is 6.07 Å². The number of hydrogen-bond donors (Lipinski definition) is 3. The maximum atomic E-state index is 12.0. The Balaban J connectivity index is 2.21. The molecule has 4 N–H and O–H groups in total. The number of hydrogen-bond acceptors (Lipinski definition) is 6. The first-order chi connectivity index (χ1) is 9.01. The average molecular weight is 300 g/mol. The van der Waals surface area contributed by atoms with Crippen LogP contribution in [0.2, 0.25) is 0 Å². The van der Waals surface area contributed by atoms with E-state index in [9.17, 15) is 13.2 Å². The quantitative estimate of drug-likeness (QED) is 0.725. The highest BCUT2D eigenvalue weighted by Crippen LogP contribution is 2.23. The van der Waals surface area contributed by atoms with Crippen molar-refractivity contribution in [3.8, 4) is 0 Å². The Morgan fingerprint density at radius 1 is 1.32 bits per heavy atom. The number of H-pyrrole nitrogens is 1. The van der Waals surface area contributed by atoms with Crippen LogP contribution >= 0.6 is 11.3 Å². The van der Waals surface area contributed by atoms with Gasteiger partial charge in [-0.3, -0.25) is 9.52 Å². The van der Waals surface area contributed by atoms with Gasteiger partial charge in [0.15, 0.2) is 5.82 Å². The molecule has 0 spiro atoms. The zero-order chi connectivity index (χ0) is 13.9. The number of aromatic amines is 1. The topological polar surface area (TPSA) is 118 Å². The predicted molar refractivity (Wildman–Crippen MR) is 72.7 cm³/mol. The Labute approximate surface area is 113 Å². The van der Waals surface area contributed by atoms with E-state index in [-0.39, 0.29) is 10.0 Å². The molecule has 0 radical (unpaired) electrons. The molecule has 0 unspecified atom stereocenters. The maximum absolute atomic E-state index is 12.0. The molecule has 0 amide bonds. The summed E-state index contributed by atoms with van der Waals surface area (Å²) in [6, 6.07) is 5.74. The Morgan fingerprint density at radius 2 is 2.11 bits per heavy atom. The minimum absolute atomic E-state index is 0.0633. The highest BCUT2D eigenvalue weighted by molar-refractivity contribution is 7.94. The number of anilines is 1. The molecule has 2 rings (SSSR count). The maximum Gasteiger partial charge on any atom is 0.272 e. The molecule has 102 valence electrons. The summed E-state index contributed by atoms with van der Waals surface area (Å²) in [4.78, 5) is 11.7. The van der Waals surface area contributed by atoms with E-state index in [4.69, 9.17) is 5.73 Å². The Morgan fingerprint density at radius 3 is 2.74 bits per heavy atom. The summed E-state index contributed by atoms with van der Waals surface area (Å²) in [5.41, 5.74) is 5.02. The lowest BCUT2D eigenvalue weighted by Crippen LogP contribution is -2.15. The van der Waals surface area contributed by atoms with E-state index in [1.807, 2.05) is 0 Å². The van der Waals surface area contributed by atoms with Crippen LogP contribution in [0, 0.1) is 0 Å². The van der Waals surface area contributed by atoms with Crippen molar-refractivity contribution in [2.45, 2.75) is 10.6 Å². The minimum atomic E-state index is -3.68. The monoisotopic (exact) mass is 300 g/mol. The Bertz CT molecular complexity index is 700. The molecule has 2 aromatic heterocycles. The molecule has 0 saturated carbocycles. The van der Waals surface area contributed by atoms with Crippen LogP contribution in [0.3, 0.4) is 0 Å². The fraction of sp³-hybridized carbons (Fsp3) is 0.200. The zero-order valence-corrected chi connectivity index (χ0v) is 11.4. The number of sulfonamides is 1. The lowest BCUT2D eigenvalue weighted by molar-refractivity contribution is 0.603. The van der Waals surface area contributed by atoms with Gasteiger partial charge < -0.3 is 5.73 Å². The summed E-state index contributed by atoms with van der Waals surface area (Å²) < 4.78 is 26.6. The summed E-state index contributed by atoms with van der Waals surface area (Å²) in [5.74, 6) is 0.0633. The normalized spacial score (nSPS) is 11.4. The first-order valence-electron chi connectivity index (χ1n) is 5.38. The van der Waals surface area contributed by atoms with Gasteiger partial charge in [-0.15, -0.1) is 11.3 Å².